The van der Waals surface area contributed by atoms with Crippen molar-refractivity contribution in [3.05, 3.63) is 46.5 Å². The normalized spacial score (nSPS) is 31.6. The number of halogens is 1. The fraction of sp³-hybridized carbons (Fsp3) is 0.611. The first kappa shape index (κ1) is 41.8. The molecule has 52 heavy (non-hydrogen) atoms. The molecule has 8 atom stereocenters. The molecule has 1 aromatic rings. The number of nitrogens with zero attached hydrogens (tertiary/aromatic N) is 2. The SMILES string of the molecule is COc1cc2cc(c1Cl)N(C)C(=O)C[C@H](OC(=O)[C@@H](C)N(C)C(=O)CCSSC)[C@]1(C)O[C@H]1[C@H](C)[C@@H]1C[C@@](O)(NC(=O)O1)[C@H](OC)/C=C/C=C(/C)C2. The number of methoxy groups -OCH3 is 2. The lowest BCUT2D eigenvalue weighted by Crippen LogP contribution is -2.63. The number of rotatable bonds is 9. The van der Waals surface area contributed by atoms with Gasteiger partial charge >= 0.3 is 12.1 Å². The van der Waals surface area contributed by atoms with Gasteiger partial charge < -0.3 is 38.6 Å². The van der Waals surface area contributed by atoms with Gasteiger partial charge in [0.15, 0.2) is 5.72 Å². The van der Waals surface area contributed by atoms with Crippen molar-refractivity contribution in [1.82, 2.24) is 10.2 Å². The number of likely N-dealkylation sites (N-methyl/N-ethyl adjacent to an activating group) is 1. The maximum atomic E-state index is 14.1. The summed E-state index contributed by atoms with van der Waals surface area (Å²) in [6.45, 7) is 7.02. The molecule has 1 aromatic carbocycles. The molecule has 16 heteroatoms. The summed E-state index contributed by atoms with van der Waals surface area (Å²) in [4.78, 5) is 56.2. The van der Waals surface area contributed by atoms with Crippen molar-refractivity contribution < 1.29 is 48.0 Å². The number of nitrogens with one attached hydrogen (secondary N) is 1. The van der Waals surface area contributed by atoms with Crippen LogP contribution < -0.4 is 15.0 Å². The minimum Gasteiger partial charge on any atom is -0.495 e. The highest BCUT2D eigenvalue weighted by Gasteiger charge is 2.64. The van der Waals surface area contributed by atoms with Gasteiger partial charge in [-0.05, 0) is 51.1 Å². The molecule has 0 aromatic heterocycles. The van der Waals surface area contributed by atoms with Gasteiger partial charge in [-0.2, -0.15) is 0 Å². The van der Waals surface area contributed by atoms with E-state index in [2.05, 4.69) is 5.32 Å². The predicted molar refractivity (Wildman–Crippen MR) is 202 cm³/mol. The summed E-state index contributed by atoms with van der Waals surface area (Å²) >= 11 is 6.75. The van der Waals surface area contributed by atoms with Crippen LogP contribution in [0.25, 0.3) is 0 Å². The highest BCUT2D eigenvalue weighted by molar-refractivity contribution is 8.76. The van der Waals surface area contributed by atoms with E-state index in [-0.39, 0.29) is 30.2 Å². The van der Waals surface area contributed by atoms with E-state index in [9.17, 15) is 24.3 Å². The zero-order valence-electron chi connectivity index (χ0n) is 31.1. The zero-order chi connectivity index (χ0) is 38.5. The summed E-state index contributed by atoms with van der Waals surface area (Å²) in [7, 11) is 9.14. The quantitative estimate of drug-likeness (QED) is 0.151. The standard InChI is InChI=1S/C36H50ClN3O10S2/c1-20-11-10-12-27(47-8)36(45)19-26(48-34(44)38-36)21(2)32-35(4,50-32)28(49-33(43)22(3)39(5)29(41)13-14-52-51-9)18-30(42)40(6)24-16-23(15-20)17-25(46-7)31(24)37/h10-12,16-17,21-22,26-28,32,45H,13-15,18-19H2,1-9H3,(H,38,44)/b12-10+,20-11-/t21-,22-,26+,27-,28+,32+,35+,36+/m1/s1. The molecule has 3 amide bonds. The van der Waals surface area contributed by atoms with E-state index in [1.54, 1.807) is 73.7 Å². The van der Waals surface area contributed by atoms with Crippen LogP contribution in [0.2, 0.25) is 5.02 Å². The molecule has 0 spiro atoms. The highest BCUT2D eigenvalue weighted by Crippen LogP contribution is 2.49. The minimum absolute atomic E-state index is 0.0452. The number of carbonyl (C=O) groups is 4. The van der Waals surface area contributed by atoms with Crippen LogP contribution in [0.15, 0.2) is 35.9 Å². The molecule has 4 bridgehead atoms. The van der Waals surface area contributed by atoms with Crippen molar-refractivity contribution in [2.45, 2.75) is 95.2 Å². The van der Waals surface area contributed by atoms with Crippen molar-refractivity contribution in [2.24, 2.45) is 5.92 Å². The molecular formula is C36H50ClN3O10S2. The Labute approximate surface area is 318 Å². The summed E-state index contributed by atoms with van der Waals surface area (Å²) in [6.07, 6.45) is 3.17. The van der Waals surface area contributed by atoms with E-state index < -0.39 is 65.7 Å². The van der Waals surface area contributed by atoms with Gasteiger partial charge in [0.2, 0.25) is 11.8 Å². The Morgan fingerprint density at radius 2 is 1.98 bits per heavy atom. The molecule has 3 aliphatic heterocycles. The molecule has 2 saturated heterocycles. The number of carbonyl (C=O) groups excluding carboxylic acids is 4. The van der Waals surface area contributed by atoms with Gasteiger partial charge in [0.1, 0.15) is 40.7 Å². The lowest BCUT2D eigenvalue weighted by molar-refractivity contribution is -0.161. The molecular weight excluding hydrogens is 734 g/mol. The maximum absolute atomic E-state index is 14.1. The Balaban J connectivity index is 1.74. The number of fused-ring (bicyclic) bond motifs is 5. The van der Waals surface area contributed by atoms with Crippen molar-refractivity contribution in [3.8, 4) is 5.75 Å². The predicted octanol–water partition coefficient (Wildman–Crippen LogP) is 4.92. The second kappa shape index (κ2) is 17.5. The number of esters is 1. The van der Waals surface area contributed by atoms with Crippen molar-refractivity contribution >= 4 is 62.8 Å². The Kier molecular flexibility index (Phi) is 14.0. The molecule has 0 saturated carbocycles. The molecule has 0 unspecified atom stereocenters. The summed E-state index contributed by atoms with van der Waals surface area (Å²) < 4.78 is 29.2. The van der Waals surface area contributed by atoms with Gasteiger partial charge in [-0.15, -0.1) is 0 Å². The molecule has 288 valence electrons. The Morgan fingerprint density at radius 3 is 2.63 bits per heavy atom. The Morgan fingerprint density at radius 1 is 1.27 bits per heavy atom. The summed E-state index contributed by atoms with van der Waals surface area (Å²) in [5, 5.41) is 14.5. The number of alkyl carbamates (subject to hydrolysis) is 1. The third-order valence-electron chi connectivity index (χ3n) is 10.0. The number of hydrogen-bond donors (Lipinski definition) is 2. The second-order valence-corrected chi connectivity index (χ2v) is 16.7. The third-order valence-corrected chi connectivity index (χ3v) is 12.2. The van der Waals surface area contributed by atoms with Crippen molar-refractivity contribution in [2.75, 3.05) is 45.2 Å². The molecule has 4 rings (SSSR count). The van der Waals surface area contributed by atoms with E-state index >= 15 is 0 Å². The smallest absolute Gasteiger partial charge is 0.409 e. The number of benzene rings is 1. The zero-order valence-corrected chi connectivity index (χ0v) is 33.5. The van der Waals surface area contributed by atoms with Crippen LogP contribution in [-0.4, -0.2) is 116 Å². The van der Waals surface area contributed by atoms with E-state index in [1.165, 1.54) is 31.1 Å². The van der Waals surface area contributed by atoms with Gasteiger partial charge in [0, 0.05) is 45.7 Å². The Bertz CT molecular complexity index is 1580. The Hall–Kier alpha value is -2.95. The average Bonchev–Trinajstić information content (AvgIpc) is 3.80. The number of epoxide rings is 1. The van der Waals surface area contributed by atoms with Crippen LogP contribution in [0, 0.1) is 5.92 Å². The van der Waals surface area contributed by atoms with Gasteiger partial charge in [-0.25, -0.2) is 9.59 Å². The van der Waals surface area contributed by atoms with E-state index in [0.29, 0.717) is 23.6 Å². The topological polar surface area (TPSA) is 156 Å². The molecule has 3 heterocycles. The molecule has 0 aliphatic carbocycles. The van der Waals surface area contributed by atoms with Gasteiger partial charge in [0.05, 0.1) is 25.3 Å². The van der Waals surface area contributed by atoms with E-state index in [4.69, 9.17) is 35.3 Å². The van der Waals surface area contributed by atoms with E-state index in [0.717, 1.165) is 11.1 Å². The molecule has 13 nitrogen and oxygen atoms in total. The van der Waals surface area contributed by atoms with Gasteiger partial charge in [-0.1, -0.05) is 63.9 Å². The molecule has 2 N–H and O–H groups in total. The van der Waals surface area contributed by atoms with Crippen LogP contribution in [0.4, 0.5) is 10.5 Å². The monoisotopic (exact) mass is 783 g/mol. The van der Waals surface area contributed by atoms with Crippen LogP contribution >= 0.6 is 33.2 Å². The summed E-state index contributed by atoms with van der Waals surface area (Å²) in [5.41, 5.74) is -0.884. The van der Waals surface area contributed by atoms with Crippen LogP contribution in [0.3, 0.4) is 0 Å². The third kappa shape index (κ3) is 9.40. The number of amides is 3. The van der Waals surface area contributed by atoms with Crippen LogP contribution in [0.5, 0.6) is 5.75 Å². The van der Waals surface area contributed by atoms with E-state index in [1.807, 2.05) is 19.3 Å². The van der Waals surface area contributed by atoms with Gasteiger partial charge in [0.25, 0.3) is 0 Å². The largest absolute Gasteiger partial charge is 0.495 e. The molecule has 3 aliphatic rings. The first-order valence-electron chi connectivity index (χ1n) is 17.0. The minimum atomic E-state index is -1.82. The first-order valence-corrected chi connectivity index (χ1v) is 20.1. The number of ether oxygens (including phenoxy) is 5. The second-order valence-electron chi connectivity index (χ2n) is 13.6. The lowest BCUT2D eigenvalue weighted by Gasteiger charge is -2.42. The fourth-order valence-corrected chi connectivity index (χ4v) is 8.09. The number of allylic oxidation sites excluding steroid dienone is 3. The highest BCUT2D eigenvalue weighted by atomic mass is 35.5. The number of hydrogen-bond acceptors (Lipinski definition) is 12. The maximum Gasteiger partial charge on any atom is 0.409 e. The van der Waals surface area contributed by atoms with Crippen LogP contribution in [-0.2, 0) is 39.8 Å². The van der Waals surface area contributed by atoms with Crippen LogP contribution in [0.1, 0.15) is 52.5 Å². The fourth-order valence-electron chi connectivity index (χ4n) is 6.61. The number of aliphatic hydroxyl groups is 1. The summed E-state index contributed by atoms with van der Waals surface area (Å²) in [5.74, 6) is -0.916. The number of anilines is 1. The van der Waals surface area contributed by atoms with Crippen molar-refractivity contribution in [3.63, 3.8) is 0 Å². The summed E-state index contributed by atoms with van der Waals surface area (Å²) in [6, 6.07) is 2.63. The first-order chi connectivity index (χ1) is 24.5. The average molecular weight is 784 g/mol. The lowest BCUT2D eigenvalue weighted by atomic mass is 9.83. The molecule has 2 fully saturated rings. The van der Waals surface area contributed by atoms with Gasteiger partial charge in [-0.3, -0.25) is 14.9 Å². The van der Waals surface area contributed by atoms with Crippen molar-refractivity contribution in [1.29, 1.82) is 0 Å². The molecule has 0 radical (unpaired) electrons.